The van der Waals surface area contributed by atoms with Crippen LogP contribution in [-0.2, 0) is 6.18 Å². The number of alkyl halides is 3. The number of nitrogens with one attached hydrogen (secondary N) is 1. The van der Waals surface area contributed by atoms with E-state index < -0.39 is 23.4 Å². The minimum Gasteiger partial charge on any atom is -0.456 e. The molecule has 0 saturated heterocycles. The van der Waals surface area contributed by atoms with E-state index >= 15 is 0 Å². The number of ether oxygens (including phenoxy) is 1. The highest BCUT2D eigenvalue weighted by molar-refractivity contribution is 5.97. The highest BCUT2D eigenvalue weighted by Crippen LogP contribution is 2.35. The predicted octanol–water partition coefficient (Wildman–Crippen LogP) is 4.23. The molecule has 0 saturated carbocycles. The van der Waals surface area contributed by atoms with Crippen LogP contribution >= 0.6 is 0 Å². The van der Waals surface area contributed by atoms with Crippen molar-refractivity contribution in [3.8, 4) is 11.5 Å². The van der Waals surface area contributed by atoms with E-state index in [9.17, 15) is 17.6 Å². The first-order chi connectivity index (χ1) is 10.2. The van der Waals surface area contributed by atoms with Crippen LogP contribution in [0.4, 0.5) is 17.6 Å². The molecule has 22 heavy (non-hydrogen) atoms. The quantitative estimate of drug-likeness (QED) is 0.506. The molecule has 2 aromatic carbocycles. The summed E-state index contributed by atoms with van der Waals surface area (Å²) in [7, 11) is 0. The van der Waals surface area contributed by atoms with Crippen LogP contribution in [0.25, 0.3) is 0 Å². The minimum absolute atomic E-state index is 0.0247. The van der Waals surface area contributed by atoms with E-state index in [4.69, 9.17) is 15.9 Å². The van der Waals surface area contributed by atoms with Gasteiger partial charge in [0.2, 0.25) is 0 Å². The van der Waals surface area contributed by atoms with E-state index in [2.05, 4.69) is 0 Å². The number of benzene rings is 2. The Kier molecular flexibility index (Phi) is 4.07. The van der Waals surface area contributed by atoms with Crippen LogP contribution in [0.5, 0.6) is 11.5 Å². The number of aryl methyl sites for hydroxylation is 1. The molecule has 3 N–H and O–H groups in total. The third-order valence-electron chi connectivity index (χ3n) is 2.96. The molecular formula is C15H12F4N2O. The smallest absolute Gasteiger partial charge is 0.416 e. The number of nitrogen functional groups attached to an aromatic ring is 1. The van der Waals surface area contributed by atoms with Gasteiger partial charge in [0.25, 0.3) is 0 Å². The number of halogens is 4. The molecule has 0 aliphatic carbocycles. The molecule has 0 unspecified atom stereocenters. The van der Waals surface area contributed by atoms with Crippen LogP contribution in [0.2, 0.25) is 0 Å². The Balaban J connectivity index is 2.49. The van der Waals surface area contributed by atoms with E-state index in [0.717, 1.165) is 24.3 Å². The SMILES string of the molecule is Cc1cc(F)ccc1Oc1cc(C(F)(F)F)ccc1C(=N)N. The lowest BCUT2D eigenvalue weighted by Gasteiger charge is -2.15. The van der Waals surface area contributed by atoms with E-state index in [1.165, 1.54) is 12.1 Å². The molecule has 0 amide bonds. The van der Waals surface area contributed by atoms with Crippen LogP contribution in [0, 0.1) is 18.2 Å². The maximum absolute atomic E-state index is 13.1. The Morgan fingerprint density at radius 2 is 1.77 bits per heavy atom. The van der Waals surface area contributed by atoms with Crippen molar-refractivity contribution in [1.82, 2.24) is 0 Å². The van der Waals surface area contributed by atoms with Gasteiger partial charge in [0.1, 0.15) is 23.2 Å². The third-order valence-corrected chi connectivity index (χ3v) is 2.96. The number of hydrogen-bond donors (Lipinski definition) is 2. The monoisotopic (exact) mass is 312 g/mol. The number of rotatable bonds is 3. The average Bonchev–Trinajstić information content (AvgIpc) is 2.40. The van der Waals surface area contributed by atoms with Crippen molar-refractivity contribution in [1.29, 1.82) is 5.41 Å². The molecule has 0 bridgehead atoms. The summed E-state index contributed by atoms with van der Waals surface area (Å²) in [5.74, 6) is -0.940. The van der Waals surface area contributed by atoms with Gasteiger partial charge in [-0.3, -0.25) is 5.41 Å². The lowest BCUT2D eigenvalue weighted by Crippen LogP contribution is -2.14. The van der Waals surface area contributed by atoms with Gasteiger partial charge >= 0.3 is 6.18 Å². The highest BCUT2D eigenvalue weighted by Gasteiger charge is 2.31. The van der Waals surface area contributed by atoms with Crippen molar-refractivity contribution < 1.29 is 22.3 Å². The lowest BCUT2D eigenvalue weighted by atomic mass is 10.1. The molecule has 0 aromatic heterocycles. The Morgan fingerprint density at radius 1 is 1.09 bits per heavy atom. The Bertz CT molecular complexity index is 726. The number of nitrogens with two attached hydrogens (primary N) is 1. The van der Waals surface area contributed by atoms with Crippen LogP contribution in [0.1, 0.15) is 16.7 Å². The van der Waals surface area contributed by atoms with Crippen molar-refractivity contribution in [3.05, 3.63) is 58.9 Å². The molecule has 0 atom stereocenters. The predicted molar refractivity (Wildman–Crippen MR) is 73.7 cm³/mol. The molecule has 3 nitrogen and oxygen atoms in total. The van der Waals surface area contributed by atoms with E-state index in [1.54, 1.807) is 6.92 Å². The molecule has 0 fully saturated rings. The second kappa shape index (κ2) is 5.67. The molecule has 2 rings (SSSR count). The topological polar surface area (TPSA) is 59.1 Å². The summed E-state index contributed by atoms with van der Waals surface area (Å²) >= 11 is 0. The summed E-state index contributed by atoms with van der Waals surface area (Å²) in [5, 5.41) is 7.41. The fourth-order valence-electron chi connectivity index (χ4n) is 1.85. The van der Waals surface area contributed by atoms with E-state index in [1.807, 2.05) is 0 Å². The Morgan fingerprint density at radius 3 is 2.32 bits per heavy atom. The second-order valence-electron chi connectivity index (χ2n) is 4.63. The Labute approximate surface area is 123 Å². The van der Waals surface area contributed by atoms with Gasteiger partial charge in [-0.05, 0) is 48.9 Å². The fraction of sp³-hybridized carbons (Fsp3) is 0.133. The van der Waals surface area contributed by atoms with Crippen molar-refractivity contribution in [2.24, 2.45) is 5.73 Å². The summed E-state index contributed by atoms with van der Waals surface area (Å²) in [5.41, 5.74) is 4.86. The molecule has 116 valence electrons. The normalized spacial score (nSPS) is 11.3. The lowest BCUT2D eigenvalue weighted by molar-refractivity contribution is -0.137. The molecular weight excluding hydrogens is 300 g/mol. The average molecular weight is 312 g/mol. The minimum atomic E-state index is -4.55. The summed E-state index contributed by atoms with van der Waals surface area (Å²) in [4.78, 5) is 0. The zero-order chi connectivity index (χ0) is 16.5. The molecule has 2 aromatic rings. The number of hydrogen-bond acceptors (Lipinski definition) is 2. The van der Waals surface area contributed by atoms with Gasteiger partial charge in [0, 0.05) is 0 Å². The van der Waals surface area contributed by atoms with Gasteiger partial charge in [0.05, 0.1) is 11.1 Å². The molecule has 0 radical (unpaired) electrons. The number of amidine groups is 1. The van der Waals surface area contributed by atoms with Gasteiger partial charge in [-0.2, -0.15) is 13.2 Å². The zero-order valence-corrected chi connectivity index (χ0v) is 11.5. The zero-order valence-electron chi connectivity index (χ0n) is 11.5. The first kappa shape index (κ1) is 15.8. The molecule has 7 heteroatoms. The van der Waals surface area contributed by atoms with Crippen LogP contribution in [0.3, 0.4) is 0 Å². The summed E-state index contributed by atoms with van der Waals surface area (Å²) in [6.07, 6.45) is -4.55. The van der Waals surface area contributed by atoms with Crippen molar-refractivity contribution in [2.45, 2.75) is 13.1 Å². The van der Waals surface area contributed by atoms with Gasteiger partial charge in [0.15, 0.2) is 0 Å². The van der Waals surface area contributed by atoms with Gasteiger partial charge in [-0.1, -0.05) is 0 Å². The van der Waals surface area contributed by atoms with Gasteiger partial charge < -0.3 is 10.5 Å². The summed E-state index contributed by atoms with van der Waals surface area (Å²) in [6.45, 7) is 1.56. The maximum Gasteiger partial charge on any atom is 0.416 e. The maximum atomic E-state index is 13.1. The fourth-order valence-corrected chi connectivity index (χ4v) is 1.85. The molecule has 0 spiro atoms. The van der Waals surface area contributed by atoms with Crippen LogP contribution < -0.4 is 10.5 Å². The molecule has 0 aliphatic rings. The van der Waals surface area contributed by atoms with Gasteiger partial charge in [-0.15, -0.1) is 0 Å². The van der Waals surface area contributed by atoms with Crippen molar-refractivity contribution >= 4 is 5.84 Å². The standard InChI is InChI=1S/C15H12F4N2O/c1-8-6-10(16)3-5-12(8)22-13-7-9(15(17,18)19)2-4-11(13)14(20)21/h2-7H,1H3,(H3,20,21). The van der Waals surface area contributed by atoms with E-state index in [0.29, 0.717) is 5.56 Å². The second-order valence-corrected chi connectivity index (χ2v) is 4.63. The van der Waals surface area contributed by atoms with Crippen molar-refractivity contribution in [2.75, 3.05) is 0 Å². The van der Waals surface area contributed by atoms with Crippen LogP contribution in [-0.4, -0.2) is 5.84 Å². The van der Waals surface area contributed by atoms with Gasteiger partial charge in [-0.25, -0.2) is 4.39 Å². The van der Waals surface area contributed by atoms with E-state index in [-0.39, 0.29) is 17.1 Å². The Hall–Kier alpha value is -2.57. The summed E-state index contributed by atoms with van der Waals surface area (Å²) in [6, 6.07) is 6.27. The van der Waals surface area contributed by atoms with Crippen LogP contribution in [0.15, 0.2) is 36.4 Å². The summed E-state index contributed by atoms with van der Waals surface area (Å²) < 4.78 is 56.8. The first-order valence-corrected chi connectivity index (χ1v) is 6.18. The van der Waals surface area contributed by atoms with Crippen molar-refractivity contribution in [3.63, 3.8) is 0 Å². The molecule has 0 heterocycles. The largest absolute Gasteiger partial charge is 0.456 e. The first-order valence-electron chi connectivity index (χ1n) is 6.18. The third kappa shape index (κ3) is 3.36. The highest BCUT2D eigenvalue weighted by atomic mass is 19.4. The molecule has 0 aliphatic heterocycles.